The van der Waals surface area contributed by atoms with Gasteiger partial charge in [0.15, 0.2) is 0 Å². The summed E-state index contributed by atoms with van der Waals surface area (Å²) in [6, 6.07) is 7.65. The van der Waals surface area contributed by atoms with Gasteiger partial charge in [0.25, 0.3) is 0 Å². The lowest BCUT2D eigenvalue weighted by Crippen LogP contribution is -2.07. The summed E-state index contributed by atoms with van der Waals surface area (Å²) < 4.78 is 5.15. The molecule has 1 heterocycles. The van der Waals surface area contributed by atoms with E-state index < -0.39 is 0 Å². The summed E-state index contributed by atoms with van der Waals surface area (Å²) in [7, 11) is 1.60. The Kier molecular flexibility index (Phi) is 2.20. The van der Waals surface area contributed by atoms with Crippen LogP contribution in [0.5, 0.6) is 5.88 Å². The van der Waals surface area contributed by atoms with Gasteiger partial charge in [0.05, 0.1) is 12.8 Å². The van der Waals surface area contributed by atoms with Gasteiger partial charge in [-0.3, -0.25) is 5.84 Å². The smallest absolute Gasteiger partial charge is 0.221 e. The number of nitrogen functional groups attached to an aromatic ring is 1. The van der Waals surface area contributed by atoms with Crippen LogP contribution in [0.1, 0.15) is 0 Å². The zero-order valence-electron chi connectivity index (χ0n) is 7.82. The predicted octanol–water partition coefficient (Wildman–Crippen LogP) is 1.53. The number of nitrogens with two attached hydrogens (primary N) is 1. The molecule has 2 rings (SSSR count). The maximum absolute atomic E-state index is 5.40. The number of hydrogen-bond acceptors (Lipinski definition) is 4. The van der Waals surface area contributed by atoms with E-state index in [-0.39, 0.29) is 0 Å². The van der Waals surface area contributed by atoms with Gasteiger partial charge in [0.2, 0.25) is 5.88 Å². The van der Waals surface area contributed by atoms with E-state index in [0.717, 1.165) is 16.5 Å². The molecule has 1 aromatic heterocycles. The Morgan fingerprint density at radius 3 is 2.86 bits per heavy atom. The number of rotatable bonds is 2. The molecule has 0 aliphatic rings. The van der Waals surface area contributed by atoms with E-state index in [1.807, 2.05) is 24.3 Å². The van der Waals surface area contributed by atoms with Crippen molar-refractivity contribution < 1.29 is 4.74 Å². The highest BCUT2D eigenvalue weighted by Crippen LogP contribution is 2.27. The van der Waals surface area contributed by atoms with E-state index in [0.29, 0.717) is 5.88 Å². The zero-order valence-corrected chi connectivity index (χ0v) is 7.82. The number of benzene rings is 1. The zero-order chi connectivity index (χ0) is 9.97. The maximum atomic E-state index is 5.40. The van der Waals surface area contributed by atoms with Gasteiger partial charge in [-0.2, -0.15) is 0 Å². The second kappa shape index (κ2) is 3.51. The van der Waals surface area contributed by atoms with E-state index >= 15 is 0 Å². The average Bonchev–Trinajstić information content (AvgIpc) is 2.27. The lowest BCUT2D eigenvalue weighted by atomic mass is 10.1. The van der Waals surface area contributed by atoms with Crippen molar-refractivity contribution in [3.8, 4) is 5.88 Å². The van der Waals surface area contributed by atoms with Crippen molar-refractivity contribution in [3.05, 3.63) is 30.5 Å². The molecule has 3 N–H and O–H groups in total. The minimum absolute atomic E-state index is 0.611. The highest BCUT2D eigenvalue weighted by Gasteiger charge is 2.04. The number of nitrogens with zero attached hydrogens (tertiary/aromatic N) is 1. The first-order valence-electron chi connectivity index (χ1n) is 4.25. The second-order valence-electron chi connectivity index (χ2n) is 2.87. The molecule has 0 radical (unpaired) electrons. The summed E-state index contributed by atoms with van der Waals surface area (Å²) in [5.74, 6) is 6.01. The van der Waals surface area contributed by atoms with Crippen LogP contribution in [-0.2, 0) is 0 Å². The van der Waals surface area contributed by atoms with Crippen molar-refractivity contribution in [2.75, 3.05) is 12.5 Å². The Morgan fingerprint density at radius 2 is 2.14 bits per heavy atom. The minimum atomic E-state index is 0.611. The molecule has 0 spiro atoms. The van der Waals surface area contributed by atoms with Crippen LogP contribution in [0.25, 0.3) is 10.8 Å². The number of hydrogen-bond donors (Lipinski definition) is 2. The second-order valence-corrected chi connectivity index (χ2v) is 2.87. The molecule has 0 amide bonds. The maximum Gasteiger partial charge on any atom is 0.221 e. The van der Waals surface area contributed by atoms with Crippen LogP contribution in [0, 0.1) is 0 Å². The lowest BCUT2D eigenvalue weighted by Gasteiger charge is -2.07. The van der Waals surface area contributed by atoms with Crippen LogP contribution in [0.4, 0.5) is 5.69 Å². The SMILES string of the molecule is COc1nccc2c(NN)cccc12. The fourth-order valence-corrected chi connectivity index (χ4v) is 1.47. The third-order valence-corrected chi connectivity index (χ3v) is 2.12. The molecular formula is C10H11N3O. The van der Waals surface area contributed by atoms with E-state index in [9.17, 15) is 0 Å². The van der Waals surface area contributed by atoms with Gasteiger partial charge in [-0.15, -0.1) is 0 Å². The van der Waals surface area contributed by atoms with Gasteiger partial charge in [0, 0.05) is 17.0 Å². The van der Waals surface area contributed by atoms with Gasteiger partial charge in [-0.1, -0.05) is 6.07 Å². The van der Waals surface area contributed by atoms with Crippen LogP contribution in [0.15, 0.2) is 30.5 Å². The monoisotopic (exact) mass is 189 g/mol. The Bertz CT molecular complexity index is 413. The number of pyridine rings is 1. The number of hydrazine groups is 1. The van der Waals surface area contributed by atoms with Crippen molar-refractivity contribution in [3.63, 3.8) is 0 Å². The first-order chi connectivity index (χ1) is 6.86. The molecule has 4 heteroatoms. The Hall–Kier alpha value is -1.81. The summed E-state index contributed by atoms with van der Waals surface area (Å²) in [5.41, 5.74) is 3.50. The Labute approximate surface area is 81.7 Å². The summed E-state index contributed by atoms with van der Waals surface area (Å²) in [6.45, 7) is 0. The van der Waals surface area contributed by atoms with Gasteiger partial charge in [-0.25, -0.2) is 4.98 Å². The number of nitrogens with one attached hydrogen (secondary N) is 1. The van der Waals surface area contributed by atoms with Crippen molar-refractivity contribution in [1.29, 1.82) is 0 Å². The van der Waals surface area contributed by atoms with Crippen molar-refractivity contribution >= 4 is 16.5 Å². The van der Waals surface area contributed by atoms with Crippen LogP contribution in [0.2, 0.25) is 0 Å². The average molecular weight is 189 g/mol. The van der Waals surface area contributed by atoms with Crippen LogP contribution in [0.3, 0.4) is 0 Å². The Morgan fingerprint density at radius 1 is 1.29 bits per heavy atom. The molecule has 0 bridgehead atoms. The van der Waals surface area contributed by atoms with Crippen LogP contribution in [-0.4, -0.2) is 12.1 Å². The molecule has 0 aliphatic heterocycles. The molecule has 0 saturated heterocycles. The molecule has 72 valence electrons. The number of methoxy groups -OCH3 is 1. The van der Waals surface area contributed by atoms with Crippen LogP contribution < -0.4 is 16.0 Å². The molecule has 2 aromatic rings. The van der Waals surface area contributed by atoms with Gasteiger partial charge in [0.1, 0.15) is 0 Å². The quantitative estimate of drug-likeness (QED) is 0.555. The molecule has 4 nitrogen and oxygen atoms in total. The molecule has 0 saturated carbocycles. The molecule has 0 aliphatic carbocycles. The highest BCUT2D eigenvalue weighted by atomic mass is 16.5. The third-order valence-electron chi connectivity index (χ3n) is 2.12. The topological polar surface area (TPSA) is 60.2 Å². The normalized spacial score (nSPS) is 10.1. The van der Waals surface area contributed by atoms with E-state index in [1.165, 1.54) is 0 Å². The van der Waals surface area contributed by atoms with E-state index in [4.69, 9.17) is 10.6 Å². The summed E-state index contributed by atoms with van der Waals surface area (Å²) >= 11 is 0. The number of anilines is 1. The molecular weight excluding hydrogens is 178 g/mol. The fraction of sp³-hybridized carbons (Fsp3) is 0.100. The lowest BCUT2D eigenvalue weighted by molar-refractivity contribution is 0.403. The van der Waals surface area contributed by atoms with Gasteiger partial charge >= 0.3 is 0 Å². The number of aromatic nitrogens is 1. The molecule has 0 fully saturated rings. The standard InChI is InChI=1S/C10H11N3O/c1-14-10-8-3-2-4-9(13-11)7(8)5-6-12-10/h2-6,13H,11H2,1H3. The summed E-state index contributed by atoms with van der Waals surface area (Å²) in [4.78, 5) is 4.11. The van der Waals surface area contributed by atoms with E-state index in [1.54, 1.807) is 13.3 Å². The van der Waals surface area contributed by atoms with Crippen LogP contribution >= 0.6 is 0 Å². The molecule has 14 heavy (non-hydrogen) atoms. The first kappa shape index (κ1) is 8.77. The van der Waals surface area contributed by atoms with Gasteiger partial charge < -0.3 is 10.2 Å². The number of fused-ring (bicyclic) bond motifs is 1. The van der Waals surface area contributed by atoms with Crippen molar-refractivity contribution in [2.24, 2.45) is 5.84 Å². The fourth-order valence-electron chi connectivity index (χ4n) is 1.47. The molecule has 0 unspecified atom stereocenters. The third kappa shape index (κ3) is 1.25. The molecule has 1 aromatic carbocycles. The highest BCUT2D eigenvalue weighted by molar-refractivity contribution is 5.96. The van der Waals surface area contributed by atoms with Gasteiger partial charge in [-0.05, 0) is 18.2 Å². The largest absolute Gasteiger partial charge is 0.481 e. The Balaban J connectivity index is 2.77. The summed E-state index contributed by atoms with van der Waals surface area (Å²) in [5, 5.41) is 1.95. The number of ether oxygens (including phenoxy) is 1. The molecule has 0 atom stereocenters. The summed E-state index contributed by atoms with van der Waals surface area (Å²) in [6.07, 6.45) is 1.70. The predicted molar refractivity (Wildman–Crippen MR) is 56.1 cm³/mol. The van der Waals surface area contributed by atoms with Crippen molar-refractivity contribution in [1.82, 2.24) is 4.98 Å². The minimum Gasteiger partial charge on any atom is -0.481 e. The van der Waals surface area contributed by atoms with E-state index in [2.05, 4.69) is 10.4 Å². The first-order valence-corrected chi connectivity index (χ1v) is 4.25. The van der Waals surface area contributed by atoms with Crippen molar-refractivity contribution in [2.45, 2.75) is 0 Å².